The molecule has 106 valence electrons. The van der Waals surface area contributed by atoms with Gasteiger partial charge in [-0.1, -0.05) is 0 Å². The Hall–Kier alpha value is -1.78. The first-order valence-corrected chi connectivity index (χ1v) is 6.36. The molecule has 0 spiro atoms. The number of carbonyl (C=O) groups is 2. The fraction of sp³-hybridized carbons (Fsp3) is 0.571. The molecular formula is C14H22N2O3. The second-order valence-electron chi connectivity index (χ2n) is 5.55. The number of aryl methyl sites for hydroxylation is 1. The van der Waals surface area contributed by atoms with Crippen molar-refractivity contribution >= 4 is 11.9 Å². The highest BCUT2D eigenvalue weighted by molar-refractivity contribution is 6.00. The molecule has 0 radical (unpaired) electrons. The Morgan fingerprint density at radius 1 is 1.26 bits per heavy atom. The smallest absolute Gasteiger partial charge is 0.340 e. The fourth-order valence-electron chi connectivity index (χ4n) is 1.89. The van der Waals surface area contributed by atoms with Crippen LogP contribution in [0.3, 0.4) is 0 Å². The summed E-state index contributed by atoms with van der Waals surface area (Å²) in [6.45, 7) is 11.3. The number of hydrogen-bond acceptors (Lipinski definition) is 3. The van der Waals surface area contributed by atoms with Crippen LogP contribution in [0.5, 0.6) is 0 Å². The number of aromatic nitrogens is 1. The summed E-state index contributed by atoms with van der Waals surface area (Å²) < 4.78 is 4.99. The van der Waals surface area contributed by atoms with Gasteiger partial charge >= 0.3 is 5.97 Å². The van der Waals surface area contributed by atoms with Gasteiger partial charge in [-0.05, 0) is 47.1 Å². The normalized spacial score (nSPS) is 11.3. The lowest BCUT2D eigenvalue weighted by Crippen LogP contribution is -2.41. The quantitative estimate of drug-likeness (QED) is 0.825. The average molecular weight is 266 g/mol. The molecule has 0 aliphatic rings. The molecule has 0 saturated carbocycles. The Kier molecular flexibility index (Phi) is 4.39. The van der Waals surface area contributed by atoms with Gasteiger partial charge in [-0.2, -0.15) is 0 Å². The number of esters is 1. The van der Waals surface area contributed by atoms with Crippen LogP contribution in [0.15, 0.2) is 0 Å². The number of ether oxygens (including phenoxy) is 1. The molecule has 0 bridgehead atoms. The standard InChI is InChI=1S/C14H22N2O3/c1-7-19-13(18)10-8(2)11(15-9(10)3)12(17)16-14(4,5)6/h15H,7H2,1-6H3,(H,16,17). The molecule has 0 aliphatic carbocycles. The van der Waals surface area contributed by atoms with Gasteiger partial charge in [0, 0.05) is 11.2 Å². The van der Waals surface area contributed by atoms with E-state index in [1.54, 1.807) is 20.8 Å². The van der Waals surface area contributed by atoms with Crippen molar-refractivity contribution in [2.45, 2.75) is 47.1 Å². The zero-order valence-corrected chi connectivity index (χ0v) is 12.4. The monoisotopic (exact) mass is 266 g/mol. The lowest BCUT2D eigenvalue weighted by atomic mass is 10.1. The van der Waals surface area contributed by atoms with E-state index in [2.05, 4.69) is 10.3 Å². The van der Waals surface area contributed by atoms with Gasteiger partial charge in [-0.15, -0.1) is 0 Å². The lowest BCUT2D eigenvalue weighted by molar-refractivity contribution is 0.0525. The van der Waals surface area contributed by atoms with E-state index in [1.807, 2.05) is 20.8 Å². The predicted octanol–water partition coefficient (Wildman–Crippen LogP) is 2.34. The minimum Gasteiger partial charge on any atom is -0.462 e. The fourth-order valence-corrected chi connectivity index (χ4v) is 1.89. The maximum atomic E-state index is 12.1. The summed E-state index contributed by atoms with van der Waals surface area (Å²) in [5.41, 5.74) is 1.80. The Bertz CT molecular complexity index is 496. The third kappa shape index (κ3) is 3.59. The van der Waals surface area contributed by atoms with Crippen molar-refractivity contribution in [1.82, 2.24) is 10.3 Å². The number of H-pyrrole nitrogens is 1. The molecule has 1 heterocycles. The molecule has 0 fully saturated rings. The number of nitrogens with one attached hydrogen (secondary N) is 2. The Morgan fingerprint density at radius 3 is 2.32 bits per heavy atom. The first kappa shape index (κ1) is 15.3. The molecular weight excluding hydrogens is 244 g/mol. The number of amides is 1. The highest BCUT2D eigenvalue weighted by Crippen LogP contribution is 2.19. The van der Waals surface area contributed by atoms with Crippen LogP contribution in [-0.2, 0) is 4.74 Å². The van der Waals surface area contributed by atoms with Gasteiger partial charge in [0.2, 0.25) is 0 Å². The lowest BCUT2D eigenvalue weighted by Gasteiger charge is -2.20. The highest BCUT2D eigenvalue weighted by atomic mass is 16.5. The largest absolute Gasteiger partial charge is 0.462 e. The van der Waals surface area contributed by atoms with Crippen molar-refractivity contribution in [3.8, 4) is 0 Å². The molecule has 0 atom stereocenters. The van der Waals surface area contributed by atoms with Crippen molar-refractivity contribution < 1.29 is 14.3 Å². The predicted molar refractivity (Wildman–Crippen MR) is 73.4 cm³/mol. The van der Waals surface area contributed by atoms with Gasteiger partial charge < -0.3 is 15.0 Å². The van der Waals surface area contributed by atoms with E-state index in [4.69, 9.17) is 4.74 Å². The third-order valence-corrected chi connectivity index (χ3v) is 2.63. The van der Waals surface area contributed by atoms with Gasteiger partial charge in [0.15, 0.2) is 0 Å². The van der Waals surface area contributed by atoms with Crippen molar-refractivity contribution in [1.29, 1.82) is 0 Å². The SMILES string of the molecule is CCOC(=O)c1c(C)[nH]c(C(=O)NC(C)(C)C)c1C. The topological polar surface area (TPSA) is 71.2 Å². The van der Waals surface area contributed by atoms with E-state index >= 15 is 0 Å². The van der Waals surface area contributed by atoms with Crippen LogP contribution in [-0.4, -0.2) is 29.0 Å². The molecule has 1 rings (SSSR count). The van der Waals surface area contributed by atoms with Crippen molar-refractivity contribution in [2.75, 3.05) is 6.61 Å². The minimum atomic E-state index is -0.399. The first-order valence-electron chi connectivity index (χ1n) is 6.36. The Labute approximate surface area is 113 Å². The molecule has 2 N–H and O–H groups in total. The molecule has 0 aromatic carbocycles. The van der Waals surface area contributed by atoms with Crippen molar-refractivity contribution in [2.24, 2.45) is 0 Å². The van der Waals surface area contributed by atoms with Crippen LogP contribution < -0.4 is 5.32 Å². The zero-order chi connectivity index (χ0) is 14.8. The second kappa shape index (κ2) is 5.47. The summed E-state index contributed by atoms with van der Waals surface area (Å²) in [6.07, 6.45) is 0. The van der Waals surface area contributed by atoms with E-state index in [0.717, 1.165) is 0 Å². The van der Waals surface area contributed by atoms with Crippen LogP contribution in [0.1, 0.15) is 59.8 Å². The number of hydrogen-bond donors (Lipinski definition) is 2. The van der Waals surface area contributed by atoms with Crippen LogP contribution in [0.4, 0.5) is 0 Å². The summed E-state index contributed by atoms with van der Waals surface area (Å²) in [7, 11) is 0. The number of carbonyl (C=O) groups excluding carboxylic acids is 2. The van der Waals surface area contributed by atoms with Crippen molar-refractivity contribution in [3.05, 3.63) is 22.5 Å². The Balaban J connectivity index is 3.09. The summed E-state index contributed by atoms with van der Waals surface area (Å²) in [5, 5.41) is 2.87. The van der Waals surface area contributed by atoms with Crippen molar-refractivity contribution in [3.63, 3.8) is 0 Å². The van der Waals surface area contributed by atoms with Gasteiger partial charge in [0.25, 0.3) is 5.91 Å². The van der Waals surface area contributed by atoms with Crippen LogP contribution in [0, 0.1) is 13.8 Å². The van der Waals surface area contributed by atoms with Gasteiger partial charge in [-0.25, -0.2) is 4.79 Å². The van der Waals surface area contributed by atoms with E-state index in [-0.39, 0.29) is 11.4 Å². The molecule has 0 unspecified atom stereocenters. The summed E-state index contributed by atoms with van der Waals surface area (Å²) in [5.74, 6) is -0.618. The molecule has 0 aliphatic heterocycles. The molecule has 19 heavy (non-hydrogen) atoms. The maximum Gasteiger partial charge on any atom is 0.340 e. The molecule has 5 heteroatoms. The average Bonchev–Trinajstić information content (AvgIpc) is 2.52. The zero-order valence-electron chi connectivity index (χ0n) is 12.4. The number of aromatic amines is 1. The van der Waals surface area contributed by atoms with Crippen LogP contribution in [0.2, 0.25) is 0 Å². The number of rotatable bonds is 3. The first-order chi connectivity index (χ1) is 8.67. The van der Waals surface area contributed by atoms with E-state index < -0.39 is 5.97 Å². The second-order valence-corrected chi connectivity index (χ2v) is 5.55. The van der Waals surface area contributed by atoms with Crippen LogP contribution >= 0.6 is 0 Å². The molecule has 1 amide bonds. The highest BCUT2D eigenvalue weighted by Gasteiger charge is 2.24. The molecule has 5 nitrogen and oxygen atoms in total. The van der Waals surface area contributed by atoms with E-state index in [1.165, 1.54) is 0 Å². The van der Waals surface area contributed by atoms with Crippen LogP contribution in [0.25, 0.3) is 0 Å². The molecule has 1 aromatic rings. The van der Waals surface area contributed by atoms with Gasteiger partial charge in [0.05, 0.1) is 12.2 Å². The maximum absolute atomic E-state index is 12.1. The Morgan fingerprint density at radius 2 is 1.84 bits per heavy atom. The summed E-state index contributed by atoms with van der Waals surface area (Å²) in [4.78, 5) is 26.9. The third-order valence-electron chi connectivity index (χ3n) is 2.63. The van der Waals surface area contributed by atoms with E-state index in [0.29, 0.717) is 29.1 Å². The van der Waals surface area contributed by atoms with Gasteiger partial charge in [0.1, 0.15) is 5.69 Å². The summed E-state index contributed by atoms with van der Waals surface area (Å²) in [6, 6.07) is 0. The van der Waals surface area contributed by atoms with E-state index in [9.17, 15) is 9.59 Å². The summed E-state index contributed by atoms with van der Waals surface area (Å²) >= 11 is 0. The molecule has 0 saturated heterocycles. The van der Waals surface area contributed by atoms with Gasteiger partial charge in [-0.3, -0.25) is 4.79 Å². The minimum absolute atomic E-state index is 0.219. The molecule has 1 aromatic heterocycles.